The minimum Gasteiger partial charge on any atom is -0.344 e. The van der Waals surface area contributed by atoms with Crippen LogP contribution in [0.4, 0.5) is 0 Å². The van der Waals surface area contributed by atoms with Gasteiger partial charge in [-0.25, -0.2) is 0 Å². The number of nitrogens with zero attached hydrogens (tertiary/aromatic N) is 3. The summed E-state index contributed by atoms with van der Waals surface area (Å²) in [5.74, 6) is -0.112. The van der Waals surface area contributed by atoms with E-state index in [1.54, 1.807) is 17.1 Å². The quantitative estimate of drug-likeness (QED) is 0.909. The summed E-state index contributed by atoms with van der Waals surface area (Å²) in [6, 6.07) is 3.89. The molecule has 0 fully saturated rings. The van der Waals surface area contributed by atoms with Crippen molar-refractivity contribution in [2.75, 3.05) is 0 Å². The third kappa shape index (κ3) is 3.23. The van der Waals surface area contributed by atoms with Gasteiger partial charge in [-0.3, -0.25) is 14.5 Å². The fraction of sp³-hybridized carbons (Fsp3) is 0.400. The van der Waals surface area contributed by atoms with Gasteiger partial charge in [-0.1, -0.05) is 13.0 Å². The van der Waals surface area contributed by atoms with Gasteiger partial charge in [-0.15, -0.1) is 0 Å². The third-order valence-electron chi connectivity index (χ3n) is 3.22. The van der Waals surface area contributed by atoms with E-state index in [1.807, 2.05) is 39.1 Å². The van der Waals surface area contributed by atoms with E-state index < -0.39 is 0 Å². The van der Waals surface area contributed by atoms with Crippen LogP contribution in [0, 0.1) is 6.92 Å². The number of nitrogens with one attached hydrogen (secondary N) is 1. The molecule has 0 aliphatic rings. The van der Waals surface area contributed by atoms with Crippen molar-refractivity contribution in [3.63, 3.8) is 0 Å². The zero-order chi connectivity index (χ0) is 14.5. The summed E-state index contributed by atoms with van der Waals surface area (Å²) in [7, 11) is 0. The zero-order valence-corrected chi connectivity index (χ0v) is 12.1. The number of hydrogen-bond acceptors (Lipinski definition) is 3. The van der Waals surface area contributed by atoms with E-state index >= 15 is 0 Å². The number of aryl methyl sites for hydroxylation is 2. The van der Waals surface area contributed by atoms with E-state index in [0.29, 0.717) is 5.56 Å². The molecule has 0 aliphatic heterocycles. The lowest BCUT2D eigenvalue weighted by molar-refractivity contribution is 0.0934. The maximum atomic E-state index is 12.2. The number of carbonyl (C=O) groups excluding carboxylic acids is 1. The molecule has 2 aromatic heterocycles. The summed E-state index contributed by atoms with van der Waals surface area (Å²) in [6.45, 7) is 6.77. The molecule has 0 saturated heterocycles. The number of rotatable bonds is 5. The van der Waals surface area contributed by atoms with Gasteiger partial charge in [0, 0.05) is 18.9 Å². The highest BCUT2D eigenvalue weighted by molar-refractivity contribution is 5.93. The second-order valence-corrected chi connectivity index (χ2v) is 4.78. The van der Waals surface area contributed by atoms with E-state index in [-0.39, 0.29) is 11.9 Å². The molecule has 5 nitrogen and oxygen atoms in total. The van der Waals surface area contributed by atoms with Gasteiger partial charge in [-0.2, -0.15) is 5.10 Å². The Bertz CT molecular complexity index is 574. The number of amides is 1. The Labute approximate surface area is 119 Å². The molecule has 1 atom stereocenters. The topological polar surface area (TPSA) is 59.8 Å². The van der Waals surface area contributed by atoms with E-state index in [9.17, 15) is 4.79 Å². The van der Waals surface area contributed by atoms with Crippen LogP contribution >= 0.6 is 0 Å². The van der Waals surface area contributed by atoms with Crippen LogP contribution in [0.2, 0.25) is 0 Å². The van der Waals surface area contributed by atoms with E-state index in [0.717, 1.165) is 24.2 Å². The first-order chi connectivity index (χ1) is 9.63. The molecule has 2 heterocycles. The van der Waals surface area contributed by atoms with Crippen LogP contribution in [0.3, 0.4) is 0 Å². The number of pyridine rings is 1. The lowest BCUT2D eigenvalue weighted by atomic mass is 10.1. The molecule has 5 heteroatoms. The molecule has 0 saturated carbocycles. The SMILES string of the molecule is CCC(NC(=O)c1cnn(CC)c1)c1ccc(C)cn1. The Morgan fingerprint density at radius 3 is 2.70 bits per heavy atom. The molecule has 0 spiro atoms. The summed E-state index contributed by atoms with van der Waals surface area (Å²) < 4.78 is 1.74. The molecule has 1 unspecified atom stereocenters. The maximum Gasteiger partial charge on any atom is 0.255 e. The summed E-state index contributed by atoms with van der Waals surface area (Å²) in [4.78, 5) is 16.6. The maximum absolute atomic E-state index is 12.2. The van der Waals surface area contributed by atoms with Gasteiger partial charge < -0.3 is 5.32 Å². The van der Waals surface area contributed by atoms with Crippen LogP contribution in [0.5, 0.6) is 0 Å². The summed E-state index contributed by atoms with van der Waals surface area (Å²) in [6.07, 6.45) is 5.96. The Kier molecular flexibility index (Phi) is 4.50. The van der Waals surface area contributed by atoms with Crippen molar-refractivity contribution in [3.05, 3.63) is 47.5 Å². The Balaban J connectivity index is 2.09. The predicted octanol–water partition coefficient (Wildman–Crippen LogP) is 2.49. The van der Waals surface area contributed by atoms with Gasteiger partial charge in [0.2, 0.25) is 0 Å². The molecular formula is C15H20N4O. The van der Waals surface area contributed by atoms with Crippen LogP contribution < -0.4 is 5.32 Å². The highest BCUT2D eigenvalue weighted by Crippen LogP contribution is 2.15. The number of hydrogen-bond donors (Lipinski definition) is 1. The van der Waals surface area contributed by atoms with Crippen molar-refractivity contribution in [1.29, 1.82) is 0 Å². The molecule has 0 radical (unpaired) electrons. The molecule has 0 bridgehead atoms. The van der Waals surface area contributed by atoms with Crippen LogP contribution in [0.25, 0.3) is 0 Å². The predicted molar refractivity (Wildman–Crippen MR) is 77.4 cm³/mol. The standard InChI is InChI=1S/C15H20N4O/c1-4-13(14-7-6-11(3)8-16-14)18-15(20)12-9-17-19(5-2)10-12/h6-10,13H,4-5H2,1-3H3,(H,18,20). The molecule has 2 aromatic rings. The monoisotopic (exact) mass is 272 g/mol. The van der Waals surface area contributed by atoms with Crippen molar-refractivity contribution in [3.8, 4) is 0 Å². The summed E-state index contributed by atoms with van der Waals surface area (Å²) >= 11 is 0. The van der Waals surface area contributed by atoms with E-state index in [2.05, 4.69) is 15.4 Å². The van der Waals surface area contributed by atoms with Crippen LogP contribution in [-0.2, 0) is 6.54 Å². The molecular weight excluding hydrogens is 252 g/mol. The highest BCUT2D eigenvalue weighted by Gasteiger charge is 2.16. The normalized spacial score (nSPS) is 12.2. The van der Waals surface area contributed by atoms with Gasteiger partial charge in [0.05, 0.1) is 23.5 Å². The number of carbonyl (C=O) groups is 1. The Morgan fingerprint density at radius 1 is 1.35 bits per heavy atom. The van der Waals surface area contributed by atoms with E-state index in [1.165, 1.54) is 0 Å². The molecule has 20 heavy (non-hydrogen) atoms. The minimum atomic E-state index is -0.112. The van der Waals surface area contributed by atoms with Gasteiger partial charge in [-0.05, 0) is 31.9 Å². The second-order valence-electron chi connectivity index (χ2n) is 4.78. The second kappa shape index (κ2) is 6.32. The van der Waals surface area contributed by atoms with Crippen LogP contribution in [-0.4, -0.2) is 20.7 Å². The first-order valence-electron chi connectivity index (χ1n) is 6.90. The average molecular weight is 272 g/mol. The molecule has 1 amide bonds. The van der Waals surface area contributed by atoms with Gasteiger partial charge in [0.1, 0.15) is 0 Å². The number of aromatic nitrogens is 3. The Hall–Kier alpha value is -2.17. The molecule has 0 aliphatic carbocycles. The molecule has 0 aromatic carbocycles. The van der Waals surface area contributed by atoms with Crippen molar-refractivity contribution < 1.29 is 4.79 Å². The van der Waals surface area contributed by atoms with Gasteiger partial charge in [0.25, 0.3) is 5.91 Å². The highest BCUT2D eigenvalue weighted by atomic mass is 16.1. The van der Waals surface area contributed by atoms with Gasteiger partial charge >= 0.3 is 0 Å². The van der Waals surface area contributed by atoms with Crippen LogP contribution in [0.15, 0.2) is 30.7 Å². The Morgan fingerprint density at radius 2 is 2.15 bits per heavy atom. The lowest BCUT2D eigenvalue weighted by Crippen LogP contribution is -2.28. The van der Waals surface area contributed by atoms with Crippen molar-refractivity contribution in [2.24, 2.45) is 0 Å². The zero-order valence-electron chi connectivity index (χ0n) is 12.1. The fourth-order valence-electron chi connectivity index (χ4n) is 1.97. The molecule has 2 rings (SSSR count). The largest absolute Gasteiger partial charge is 0.344 e. The van der Waals surface area contributed by atoms with Gasteiger partial charge in [0.15, 0.2) is 0 Å². The average Bonchev–Trinajstić information content (AvgIpc) is 2.94. The van der Waals surface area contributed by atoms with Crippen molar-refractivity contribution >= 4 is 5.91 Å². The van der Waals surface area contributed by atoms with E-state index in [4.69, 9.17) is 0 Å². The van der Waals surface area contributed by atoms with Crippen molar-refractivity contribution in [2.45, 2.75) is 39.8 Å². The molecule has 106 valence electrons. The van der Waals surface area contributed by atoms with Crippen LogP contribution in [0.1, 0.15) is 47.9 Å². The minimum absolute atomic E-state index is 0.0759. The van der Waals surface area contributed by atoms with Crippen molar-refractivity contribution in [1.82, 2.24) is 20.1 Å². The lowest BCUT2D eigenvalue weighted by Gasteiger charge is -2.16. The smallest absolute Gasteiger partial charge is 0.255 e. The molecule has 1 N–H and O–H groups in total. The first kappa shape index (κ1) is 14.2. The summed E-state index contributed by atoms with van der Waals surface area (Å²) in [5.41, 5.74) is 2.57. The first-order valence-corrected chi connectivity index (χ1v) is 6.90. The summed E-state index contributed by atoms with van der Waals surface area (Å²) in [5, 5.41) is 7.11. The fourth-order valence-corrected chi connectivity index (χ4v) is 1.97. The third-order valence-corrected chi connectivity index (χ3v) is 3.22.